The molecule has 0 spiro atoms. The van der Waals surface area contributed by atoms with Crippen molar-refractivity contribution < 1.29 is 54.2 Å². The highest BCUT2D eigenvalue weighted by Gasteiger charge is 2.29. The van der Waals surface area contributed by atoms with E-state index in [2.05, 4.69) is 0 Å². The van der Waals surface area contributed by atoms with Gasteiger partial charge in [0.2, 0.25) is 0 Å². The highest BCUT2D eigenvalue weighted by atomic mass is 16.5. The third kappa shape index (κ3) is 12.6. The van der Waals surface area contributed by atoms with E-state index in [1.165, 1.54) is 30.2 Å². The Morgan fingerprint density at radius 3 is 1.63 bits per heavy atom. The summed E-state index contributed by atoms with van der Waals surface area (Å²) >= 11 is 0. The van der Waals surface area contributed by atoms with Gasteiger partial charge in [0.05, 0.1) is 32.7 Å². The maximum atomic E-state index is 11.6. The number of carbonyl (C=O) groups is 5. The first kappa shape index (κ1) is 31.8. The van der Waals surface area contributed by atoms with Crippen LogP contribution in [0.3, 0.4) is 0 Å². The van der Waals surface area contributed by atoms with Crippen LogP contribution in [0, 0.1) is 11.5 Å². The molecule has 0 aromatic heterocycles. The number of ether oxygens (including phenoxy) is 1. The van der Waals surface area contributed by atoms with Crippen LogP contribution in [-0.4, -0.2) is 128 Å². The van der Waals surface area contributed by atoms with Gasteiger partial charge >= 0.3 is 29.8 Å². The Morgan fingerprint density at radius 2 is 1.21 bits per heavy atom. The van der Waals surface area contributed by atoms with Gasteiger partial charge in [-0.15, -0.1) is 5.26 Å². The predicted octanol–water partition coefficient (Wildman–Crippen LogP) is -0.825. The molecule has 0 aliphatic carbocycles. The summed E-state index contributed by atoms with van der Waals surface area (Å²) in [6.07, 6.45) is 1.61. The lowest BCUT2D eigenvalue weighted by molar-refractivity contribution is -0.144. The molecule has 0 saturated carbocycles. The van der Waals surface area contributed by atoms with Gasteiger partial charge in [-0.1, -0.05) is 12.1 Å². The Hall–Kier alpha value is -4.26. The highest BCUT2D eigenvalue weighted by Crippen LogP contribution is 2.17. The molecule has 1 rings (SSSR count). The zero-order valence-corrected chi connectivity index (χ0v) is 20.6. The van der Waals surface area contributed by atoms with Crippen LogP contribution in [0.4, 0.5) is 0 Å². The average Bonchev–Trinajstić information content (AvgIpc) is 2.77. The minimum absolute atomic E-state index is 0.0891. The van der Waals surface area contributed by atoms with E-state index in [-0.39, 0.29) is 25.3 Å². The fourth-order valence-electron chi connectivity index (χ4n) is 3.89. The van der Waals surface area contributed by atoms with Crippen LogP contribution in [0.1, 0.15) is 12.5 Å². The zero-order valence-electron chi connectivity index (χ0n) is 20.6. The van der Waals surface area contributed by atoms with Crippen molar-refractivity contribution in [1.82, 2.24) is 14.7 Å². The molecule has 0 aliphatic rings. The van der Waals surface area contributed by atoms with E-state index in [9.17, 15) is 39.3 Å². The summed E-state index contributed by atoms with van der Waals surface area (Å²) in [5.41, 5.74) is 0.614. The van der Waals surface area contributed by atoms with Crippen molar-refractivity contribution >= 4 is 29.8 Å². The van der Waals surface area contributed by atoms with Crippen molar-refractivity contribution in [2.24, 2.45) is 0 Å². The van der Waals surface area contributed by atoms with Gasteiger partial charge in [-0.3, -0.25) is 38.7 Å². The van der Waals surface area contributed by atoms with Crippen LogP contribution in [0.25, 0.3) is 0 Å². The Balaban J connectivity index is 3.31. The van der Waals surface area contributed by atoms with Crippen molar-refractivity contribution in [2.75, 3.05) is 45.8 Å². The van der Waals surface area contributed by atoms with Gasteiger partial charge < -0.3 is 30.3 Å². The molecule has 5 N–H and O–H groups in total. The van der Waals surface area contributed by atoms with Crippen molar-refractivity contribution in [2.45, 2.75) is 25.4 Å². The van der Waals surface area contributed by atoms with Gasteiger partial charge in [0, 0.05) is 25.2 Å². The molecular weight excluding hydrogens is 508 g/mol. The van der Waals surface area contributed by atoms with E-state index in [0.717, 1.165) is 9.80 Å². The monoisotopic (exact) mass is 538 g/mol. The van der Waals surface area contributed by atoms with Crippen molar-refractivity contribution in [3.8, 4) is 12.0 Å². The summed E-state index contributed by atoms with van der Waals surface area (Å²) in [6.45, 7) is -1.82. The highest BCUT2D eigenvalue weighted by molar-refractivity contribution is 5.73. The molecule has 0 saturated heterocycles. The summed E-state index contributed by atoms with van der Waals surface area (Å²) < 4.78 is 4.73. The van der Waals surface area contributed by atoms with Gasteiger partial charge in [0.25, 0.3) is 6.26 Å². The number of rotatable bonds is 19. The molecule has 208 valence electrons. The molecule has 1 aromatic carbocycles. The largest absolute Gasteiger partial charge is 0.480 e. The number of carboxylic acid groups (broad SMARTS) is 5. The van der Waals surface area contributed by atoms with Crippen molar-refractivity contribution in [1.29, 1.82) is 5.26 Å². The van der Waals surface area contributed by atoms with Gasteiger partial charge in [-0.2, -0.15) is 0 Å². The Morgan fingerprint density at radius 1 is 0.763 bits per heavy atom. The molecule has 2 atom stereocenters. The third-order valence-corrected chi connectivity index (χ3v) is 5.40. The van der Waals surface area contributed by atoms with Gasteiger partial charge in [0.1, 0.15) is 5.75 Å². The number of benzene rings is 1. The number of hydrogen-bond donors (Lipinski definition) is 5. The number of nitrogens with zero attached hydrogens (tertiary/aromatic N) is 4. The van der Waals surface area contributed by atoms with Crippen LogP contribution < -0.4 is 4.74 Å². The molecule has 15 nitrogen and oxygen atoms in total. The number of carboxylic acids is 5. The lowest BCUT2D eigenvalue weighted by Crippen LogP contribution is -2.53. The molecule has 0 fully saturated rings. The second kappa shape index (κ2) is 15.8. The third-order valence-electron chi connectivity index (χ3n) is 5.40. The number of hydrogen-bond acceptors (Lipinski definition) is 10. The SMILES string of the molecule is CC(CN(CC(=O)O)CC(Cc1ccc(OC#N)cc1)N(CC(=O)O)CC(=O)O)N(CC(=O)O)CC(=O)O. The average molecular weight is 539 g/mol. The normalized spacial score (nSPS) is 12.6. The standard InChI is InChI=1S/C23H30N4O11/c1-15(26(10-20(30)31)11-21(32)33)7-25(9-19(28)29)8-17(27(12-22(34)35)13-23(36)37)6-16-2-4-18(5-3-16)38-14-24/h2-5,15,17H,6-13H2,1H3,(H,28,29)(H,30,31)(H,32,33)(H,34,35)(H,36,37). The number of nitriles is 1. The maximum absolute atomic E-state index is 11.6. The first-order valence-electron chi connectivity index (χ1n) is 11.2. The smallest absolute Gasteiger partial charge is 0.317 e. The van der Waals surface area contributed by atoms with Crippen LogP contribution in [-0.2, 0) is 30.4 Å². The zero-order chi connectivity index (χ0) is 28.8. The molecule has 0 heterocycles. The molecule has 1 aromatic rings. The summed E-state index contributed by atoms with van der Waals surface area (Å²) in [5.74, 6) is -6.17. The lowest BCUT2D eigenvalue weighted by atomic mass is 10.0. The number of aliphatic carboxylic acids is 5. The van der Waals surface area contributed by atoms with Crippen LogP contribution in [0.5, 0.6) is 5.75 Å². The Labute approximate surface area is 217 Å². The van der Waals surface area contributed by atoms with Gasteiger partial charge in [-0.25, -0.2) is 0 Å². The van der Waals surface area contributed by atoms with Crippen molar-refractivity contribution in [3.05, 3.63) is 29.8 Å². The van der Waals surface area contributed by atoms with E-state index in [1.54, 1.807) is 12.1 Å². The van der Waals surface area contributed by atoms with Crippen LogP contribution in [0.15, 0.2) is 24.3 Å². The fraction of sp³-hybridized carbons (Fsp3) is 0.478. The van der Waals surface area contributed by atoms with E-state index < -0.39 is 74.7 Å². The second-order valence-electron chi connectivity index (χ2n) is 8.52. The maximum Gasteiger partial charge on any atom is 0.317 e. The molecular formula is C23H30N4O11. The summed E-state index contributed by atoms with van der Waals surface area (Å²) in [6, 6.07) is 4.58. The van der Waals surface area contributed by atoms with Crippen LogP contribution in [0.2, 0.25) is 0 Å². The first-order chi connectivity index (χ1) is 17.8. The lowest BCUT2D eigenvalue weighted by Gasteiger charge is -2.36. The van der Waals surface area contributed by atoms with Crippen molar-refractivity contribution in [3.63, 3.8) is 0 Å². The summed E-state index contributed by atoms with van der Waals surface area (Å²) in [5, 5.41) is 55.1. The van der Waals surface area contributed by atoms with Gasteiger partial charge in [0.15, 0.2) is 0 Å². The molecule has 0 aliphatic heterocycles. The molecule has 15 heteroatoms. The quantitative estimate of drug-likeness (QED) is 0.135. The fourth-order valence-corrected chi connectivity index (χ4v) is 3.89. The van der Waals surface area contributed by atoms with Gasteiger partial charge in [-0.05, 0) is 31.0 Å². The molecule has 0 radical (unpaired) electrons. The summed E-state index contributed by atoms with van der Waals surface area (Å²) in [4.78, 5) is 60.7. The van der Waals surface area contributed by atoms with E-state index >= 15 is 0 Å². The predicted molar refractivity (Wildman–Crippen MR) is 127 cm³/mol. The van der Waals surface area contributed by atoms with Crippen LogP contribution >= 0.6 is 0 Å². The van der Waals surface area contributed by atoms with E-state index in [1.807, 2.05) is 0 Å². The van der Waals surface area contributed by atoms with E-state index in [0.29, 0.717) is 5.56 Å². The topological polar surface area (TPSA) is 229 Å². The Kier molecular flexibility index (Phi) is 13.2. The molecule has 0 bridgehead atoms. The summed E-state index contributed by atoms with van der Waals surface area (Å²) in [7, 11) is 0. The second-order valence-corrected chi connectivity index (χ2v) is 8.52. The molecule has 2 unspecified atom stereocenters. The Bertz CT molecular complexity index is 993. The first-order valence-corrected chi connectivity index (χ1v) is 11.2. The molecule has 38 heavy (non-hydrogen) atoms. The minimum Gasteiger partial charge on any atom is -0.480 e. The van der Waals surface area contributed by atoms with E-state index in [4.69, 9.17) is 20.2 Å². The molecule has 0 amide bonds. The minimum atomic E-state index is -1.30.